The summed E-state index contributed by atoms with van der Waals surface area (Å²) in [7, 11) is 0. The molecular formula is C15H16FNO. The van der Waals surface area contributed by atoms with Crippen molar-refractivity contribution in [2.75, 3.05) is 6.61 Å². The van der Waals surface area contributed by atoms with Crippen molar-refractivity contribution in [3.05, 3.63) is 65.5 Å². The van der Waals surface area contributed by atoms with Gasteiger partial charge < -0.3 is 10.5 Å². The summed E-state index contributed by atoms with van der Waals surface area (Å²) in [4.78, 5) is 0. The molecule has 0 aliphatic carbocycles. The molecule has 0 aliphatic rings. The molecule has 0 aromatic heterocycles. The van der Waals surface area contributed by atoms with Gasteiger partial charge in [0.15, 0.2) is 0 Å². The minimum atomic E-state index is -0.332. The third-order valence-corrected chi connectivity index (χ3v) is 2.81. The fourth-order valence-corrected chi connectivity index (χ4v) is 1.80. The Balaban J connectivity index is 2.03. The van der Waals surface area contributed by atoms with Crippen LogP contribution in [-0.2, 0) is 0 Å². The molecular weight excluding hydrogens is 229 g/mol. The highest BCUT2D eigenvalue weighted by Crippen LogP contribution is 2.18. The molecule has 0 saturated carbocycles. The fraction of sp³-hybridized carbons (Fsp3) is 0.200. The molecule has 18 heavy (non-hydrogen) atoms. The number of aryl methyl sites for hydroxylation is 1. The summed E-state index contributed by atoms with van der Waals surface area (Å²) in [5.74, 6) is 0.493. The van der Waals surface area contributed by atoms with Gasteiger partial charge in [-0.2, -0.15) is 0 Å². The molecule has 2 nitrogen and oxygen atoms in total. The van der Waals surface area contributed by atoms with Crippen LogP contribution in [0.5, 0.6) is 5.75 Å². The molecule has 0 saturated heterocycles. The van der Waals surface area contributed by atoms with Crippen molar-refractivity contribution in [2.45, 2.75) is 13.0 Å². The maximum Gasteiger partial charge on any atom is 0.123 e. The third-order valence-electron chi connectivity index (χ3n) is 2.81. The second kappa shape index (κ2) is 5.65. The minimum Gasteiger partial charge on any atom is -0.492 e. The Morgan fingerprint density at radius 2 is 1.89 bits per heavy atom. The molecule has 3 heteroatoms. The van der Waals surface area contributed by atoms with E-state index in [1.165, 1.54) is 12.1 Å². The Labute approximate surface area is 106 Å². The molecule has 0 aliphatic heterocycles. The lowest BCUT2D eigenvalue weighted by Crippen LogP contribution is -2.20. The van der Waals surface area contributed by atoms with Crippen LogP contribution in [0.25, 0.3) is 0 Å². The highest BCUT2D eigenvalue weighted by molar-refractivity contribution is 5.30. The van der Waals surface area contributed by atoms with Gasteiger partial charge in [0.1, 0.15) is 18.2 Å². The van der Waals surface area contributed by atoms with Gasteiger partial charge >= 0.3 is 0 Å². The van der Waals surface area contributed by atoms with Gasteiger partial charge in [-0.3, -0.25) is 0 Å². The first-order valence-electron chi connectivity index (χ1n) is 5.86. The monoisotopic (exact) mass is 245 g/mol. The normalized spacial score (nSPS) is 12.2. The van der Waals surface area contributed by atoms with Crippen molar-refractivity contribution in [1.82, 2.24) is 0 Å². The van der Waals surface area contributed by atoms with Crippen LogP contribution in [0.1, 0.15) is 17.2 Å². The lowest BCUT2D eigenvalue weighted by molar-refractivity contribution is 0.290. The fourth-order valence-electron chi connectivity index (χ4n) is 1.80. The second-order valence-electron chi connectivity index (χ2n) is 4.23. The topological polar surface area (TPSA) is 35.2 Å². The second-order valence-corrected chi connectivity index (χ2v) is 4.23. The van der Waals surface area contributed by atoms with Gasteiger partial charge in [-0.25, -0.2) is 4.39 Å². The van der Waals surface area contributed by atoms with Crippen LogP contribution in [0.15, 0.2) is 48.5 Å². The predicted octanol–water partition coefficient (Wildman–Crippen LogP) is 3.21. The number of benzene rings is 2. The zero-order valence-corrected chi connectivity index (χ0v) is 10.3. The van der Waals surface area contributed by atoms with E-state index >= 15 is 0 Å². The minimum absolute atomic E-state index is 0.272. The molecule has 0 bridgehead atoms. The first-order chi connectivity index (χ1) is 8.66. The van der Waals surface area contributed by atoms with E-state index in [9.17, 15) is 4.39 Å². The third kappa shape index (κ3) is 3.08. The molecule has 2 aromatic rings. The van der Waals surface area contributed by atoms with E-state index in [2.05, 4.69) is 0 Å². The van der Waals surface area contributed by atoms with Crippen LogP contribution in [0.4, 0.5) is 4.39 Å². The van der Waals surface area contributed by atoms with E-state index in [-0.39, 0.29) is 11.9 Å². The van der Waals surface area contributed by atoms with Crippen LogP contribution >= 0.6 is 0 Å². The Hall–Kier alpha value is -1.87. The lowest BCUT2D eigenvalue weighted by Gasteiger charge is -2.15. The first-order valence-corrected chi connectivity index (χ1v) is 5.86. The van der Waals surface area contributed by atoms with Gasteiger partial charge in [0.25, 0.3) is 0 Å². The van der Waals surface area contributed by atoms with E-state index in [4.69, 9.17) is 10.5 Å². The summed E-state index contributed by atoms with van der Waals surface area (Å²) in [6.45, 7) is 2.24. The van der Waals surface area contributed by atoms with Crippen LogP contribution in [0.2, 0.25) is 0 Å². The molecule has 2 aromatic carbocycles. The molecule has 2 N–H and O–H groups in total. The van der Waals surface area contributed by atoms with Crippen LogP contribution in [0.3, 0.4) is 0 Å². The van der Waals surface area contributed by atoms with Gasteiger partial charge in [-0.1, -0.05) is 24.3 Å². The number of rotatable bonds is 4. The molecule has 1 unspecified atom stereocenters. The summed E-state index contributed by atoms with van der Waals surface area (Å²) in [6, 6.07) is 13.7. The van der Waals surface area contributed by atoms with Crippen LogP contribution < -0.4 is 10.5 Å². The summed E-state index contributed by atoms with van der Waals surface area (Å²) >= 11 is 0. The molecule has 2 rings (SSSR count). The quantitative estimate of drug-likeness (QED) is 0.897. The lowest BCUT2D eigenvalue weighted by atomic mass is 10.0. The predicted molar refractivity (Wildman–Crippen MR) is 70.0 cm³/mol. The zero-order chi connectivity index (χ0) is 13.0. The van der Waals surface area contributed by atoms with Gasteiger partial charge in [0.05, 0.1) is 6.04 Å². The molecule has 94 valence electrons. The standard InChI is InChI=1S/C15H16FNO/c1-11-7-8-12(16)9-14(11)15(17)10-18-13-5-3-2-4-6-13/h2-9,15H,10,17H2,1H3. The molecule has 0 spiro atoms. The molecule has 0 amide bonds. The summed E-state index contributed by atoms with van der Waals surface area (Å²) in [5, 5.41) is 0. The highest BCUT2D eigenvalue weighted by atomic mass is 19.1. The molecule has 0 heterocycles. The van der Waals surface area contributed by atoms with E-state index in [0.717, 1.165) is 16.9 Å². The Morgan fingerprint density at radius 1 is 1.17 bits per heavy atom. The van der Waals surface area contributed by atoms with Gasteiger partial charge in [-0.05, 0) is 42.3 Å². The van der Waals surface area contributed by atoms with Crippen molar-refractivity contribution in [1.29, 1.82) is 0 Å². The molecule has 1 atom stereocenters. The van der Waals surface area contributed by atoms with E-state index in [0.29, 0.717) is 6.61 Å². The molecule has 0 radical (unpaired) electrons. The summed E-state index contributed by atoms with van der Waals surface area (Å²) in [5.41, 5.74) is 7.78. The smallest absolute Gasteiger partial charge is 0.123 e. The van der Waals surface area contributed by atoms with Crippen LogP contribution in [0, 0.1) is 12.7 Å². The maximum absolute atomic E-state index is 13.2. The van der Waals surface area contributed by atoms with E-state index in [1.807, 2.05) is 37.3 Å². The zero-order valence-electron chi connectivity index (χ0n) is 10.3. The maximum atomic E-state index is 13.2. The van der Waals surface area contributed by atoms with Crippen molar-refractivity contribution >= 4 is 0 Å². The van der Waals surface area contributed by atoms with E-state index in [1.54, 1.807) is 6.07 Å². The number of hydrogen-bond donors (Lipinski definition) is 1. The number of halogens is 1. The number of nitrogens with two attached hydrogens (primary N) is 1. The van der Waals surface area contributed by atoms with Crippen molar-refractivity contribution in [3.8, 4) is 5.75 Å². The van der Waals surface area contributed by atoms with Gasteiger partial charge in [0, 0.05) is 0 Å². The van der Waals surface area contributed by atoms with E-state index < -0.39 is 0 Å². The molecule has 0 fully saturated rings. The largest absolute Gasteiger partial charge is 0.492 e. The SMILES string of the molecule is Cc1ccc(F)cc1C(N)COc1ccccc1. The highest BCUT2D eigenvalue weighted by Gasteiger charge is 2.10. The number of hydrogen-bond acceptors (Lipinski definition) is 2. The van der Waals surface area contributed by atoms with Crippen molar-refractivity contribution in [2.24, 2.45) is 5.73 Å². The van der Waals surface area contributed by atoms with Crippen LogP contribution in [-0.4, -0.2) is 6.61 Å². The Morgan fingerprint density at radius 3 is 2.61 bits per heavy atom. The summed E-state index contributed by atoms with van der Waals surface area (Å²) in [6.07, 6.45) is 0. The van der Waals surface area contributed by atoms with Gasteiger partial charge in [-0.15, -0.1) is 0 Å². The average Bonchev–Trinajstić information content (AvgIpc) is 2.40. The Kier molecular flexibility index (Phi) is 3.95. The van der Waals surface area contributed by atoms with Crippen molar-refractivity contribution < 1.29 is 9.13 Å². The van der Waals surface area contributed by atoms with Gasteiger partial charge in [0.2, 0.25) is 0 Å². The Bertz CT molecular complexity index is 513. The van der Waals surface area contributed by atoms with Crippen molar-refractivity contribution in [3.63, 3.8) is 0 Å². The number of para-hydroxylation sites is 1. The summed E-state index contributed by atoms with van der Waals surface area (Å²) < 4.78 is 18.7. The average molecular weight is 245 g/mol. The first kappa shape index (κ1) is 12.6. The number of ether oxygens (including phenoxy) is 1.